The van der Waals surface area contributed by atoms with Crippen molar-refractivity contribution in [2.45, 2.75) is 59.5 Å². The van der Waals surface area contributed by atoms with Gasteiger partial charge in [0, 0.05) is 17.8 Å². The summed E-state index contributed by atoms with van der Waals surface area (Å²) < 4.78 is 0. The number of guanidine groups is 1. The van der Waals surface area contributed by atoms with Crippen molar-refractivity contribution >= 4 is 11.6 Å². The average molecular weight is 261 g/mol. The molecule has 0 amide bonds. The van der Waals surface area contributed by atoms with Crippen molar-refractivity contribution in [3.05, 3.63) is 29.8 Å². The average Bonchev–Trinajstić information content (AvgIpc) is 2.27. The van der Waals surface area contributed by atoms with Crippen LogP contribution in [-0.2, 0) is 0 Å². The first-order valence-electron chi connectivity index (χ1n) is 7.09. The molecule has 2 N–H and O–H groups in total. The van der Waals surface area contributed by atoms with Crippen molar-refractivity contribution in [3.8, 4) is 0 Å². The molecule has 1 aromatic rings. The Morgan fingerprint density at radius 1 is 0.947 bits per heavy atom. The summed E-state index contributed by atoms with van der Waals surface area (Å²) >= 11 is 0. The van der Waals surface area contributed by atoms with E-state index in [0.717, 1.165) is 11.6 Å². The monoisotopic (exact) mass is 261 g/mol. The Bertz CT molecular complexity index is 403. The molecule has 0 aliphatic heterocycles. The van der Waals surface area contributed by atoms with Crippen LogP contribution in [0.25, 0.3) is 0 Å². The second-order valence-electron chi connectivity index (χ2n) is 5.77. The number of nitrogens with one attached hydrogen (secondary N) is 2. The molecule has 0 aliphatic rings. The minimum Gasteiger partial charge on any atom is -0.354 e. The van der Waals surface area contributed by atoms with Gasteiger partial charge in [0.05, 0.1) is 0 Å². The minimum absolute atomic E-state index is 0.267. The Kier molecular flexibility index (Phi) is 5.87. The van der Waals surface area contributed by atoms with E-state index in [-0.39, 0.29) is 6.04 Å². The molecule has 0 spiro atoms. The van der Waals surface area contributed by atoms with Gasteiger partial charge in [0.2, 0.25) is 0 Å². The summed E-state index contributed by atoms with van der Waals surface area (Å²) in [6, 6.07) is 9.16. The molecule has 0 fully saturated rings. The van der Waals surface area contributed by atoms with Crippen LogP contribution in [0.4, 0.5) is 5.69 Å². The SMILES string of the molecule is CC(C)N=C(Nc1ccc(C(C)C)cc1)NC(C)C. The maximum Gasteiger partial charge on any atom is 0.196 e. The van der Waals surface area contributed by atoms with E-state index in [1.807, 2.05) is 0 Å². The maximum absolute atomic E-state index is 4.56. The summed E-state index contributed by atoms with van der Waals surface area (Å²) in [6.07, 6.45) is 0. The third-order valence-corrected chi connectivity index (χ3v) is 2.65. The molecular weight excluding hydrogens is 234 g/mol. The Morgan fingerprint density at radius 3 is 1.95 bits per heavy atom. The highest BCUT2D eigenvalue weighted by Crippen LogP contribution is 2.17. The van der Waals surface area contributed by atoms with Crippen LogP contribution in [0.2, 0.25) is 0 Å². The van der Waals surface area contributed by atoms with Crippen LogP contribution in [0.5, 0.6) is 0 Å². The lowest BCUT2D eigenvalue weighted by atomic mass is 10.0. The van der Waals surface area contributed by atoms with Crippen LogP contribution in [-0.4, -0.2) is 18.0 Å². The molecule has 0 heterocycles. The summed E-state index contributed by atoms with van der Waals surface area (Å²) in [4.78, 5) is 4.56. The third-order valence-electron chi connectivity index (χ3n) is 2.65. The van der Waals surface area contributed by atoms with Gasteiger partial charge in [-0.05, 0) is 51.3 Å². The molecule has 0 atom stereocenters. The normalized spacial score (nSPS) is 12.4. The molecule has 106 valence electrons. The maximum atomic E-state index is 4.56. The van der Waals surface area contributed by atoms with E-state index in [1.165, 1.54) is 5.56 Å². The highest BCUT2D eigenvalue weighted by molar-refractivity contribution is 5.93. The number of benzene rings is 1. The van der Waals surface area contributed by atoms with Crippen molar-refractivity contribution < 1.29 is 0 Å². The van der Waals surface area contributed by atoms with Crippen molar-refractivity contribution in [3.63, 3.8) is 0 Å². The molecule has 0 radical (unpaired) electrons. The van der Waals surface area contributed by atoms with Gasteiger partial charge in [0.1, 0.15) is 0 Å². The Labute approximate surface area is 117 Å². The Balaban J connectivity index is 2.78. The van der Waals surface area contributed by atoms with Crippen LogP contribution in [0, 0.1) is 0 Å². The molecule has 0 saturated heterocycles. The second-order valence-corrected chi connectivity index (χ2v) is 5.77. The lowest BCUT2D eigenvalue weighted by Crippen LogP contribution is -2.36. The van der Waals surface area contributed by atoms with Crippen molar-refractivity contribution in [2.24, 2.45) is 4.99 Å². The van der Waals surface area contributed by atoms with Gasteiger partial charge in [-0.15, -0.1) is 0 Å². The van der Waals surface area contributed by atoms with Crippen LogP contribution < -0.4 is 10.6 Å². The summed E-state index contributed by atoms with van der Waals surface area (Å²) in [6.45, 7) is 12.8. The van der Waals surface area contributed by atoms with Crippen LogP contribution in [0.1, 0.15) is 53.0 Å². The molecule has 3 nitrogen and oxygen atoms in total. The fourth-order valence-corrected chi connectivity index (χ4v) is 1.73. The molecule has 0 unspecified atom stereocenters. The summed E-state index contributed by atoms with van der Waals surface area (Å²) in [7, 11) is 0. The van der Waals surface area contributed by atoms with E-state index >= 15 is 0 Å². The first-order chi connectivity index (χ1) is 8.88. The summed E-state index contributed by atoms with van der Waals surface area (Å²) in [5, 5.41) is 6.68. The molecule has 0 saturated carbocycles. The topological polar surface area (TPSA) is 36.4 Å². The summed E-state index contributed by atoms with van der Waals surface area (Å²) in [5.74, 6) is 1.40. The lowest BCUT2D eigenvalue weighted by molar-refractivity contribution is 0.717. The number of nitrogens with zero attached hydrogens (tertiary/aromatic N) is 1. The van der Waals surface area contributed by atoms with Gasteiger partial charge in [-0.25, -0.2) is 0 Å². The zero-order chi connectivity index (χ0) is 14.4. The predicted octanol–water partition coefficient (Wildman–Crippen LogP) is 3.98. The fourth-order valence-electron chi connectivity index (χ4n) is 1.73. The van der Waals surface area contributed by atoms with E-state index in [9.17, 15) is 0 Å². The minimum atomic E-state index is 0.267. The highest BCUT2D eigenvalue weighted by atomic mass is 15.2. The van der Waals surface area contributed by atoms with E-state index in [1.54, 1.807) is 0 Å². The van der Waals surface area contributed by atoms with Crippen LogP contribution in [0.15, 0.2) is 29.3 Å². The van der Waals surface area contributed by atoms with Gasteiger partial charge >= 0.3 is 0 Å². The van der Waals surface area contributed by atoms with Crippen LogP contribution in [0.3, 0.4) is 0 Å². The Morgan fingerprint density at radius 2 is 1.53 bits per heavy atom. The van der Waals surface area contributed by atoms with E-state index < -0.39 is 0 Å². The first kappa shape index (κ1) is 15.5. The van der Waals surface area contributed by atoms with Gasteiger partial charge in [0.25, 0.3) is 0 Å². The summed E-state index contributed by atoms with van der Waals surface area (Å²) in [5.41, 5.74) is 2.42. The molecule has 1 aromatic carbocycles. The van der Waals surface area contributed by atoms with Gasteiger partial charge < -0.3 is 10.6 Å². The van der Waals surface area contributed by atoms with Crippen molar-refractivity contribution in [2.75, 3.05) is 5.32 Å². The van der Waals surface area contributed by atoms with Gasteiger partial charge in [-0.2, -0.15) is 0 Å². The number of anilines is 1. The number of rotatable bonds is 4. The zero-order valence-electron chi connectivity index (χ0n) is 13.0. The van der Waals surface area contributed by atoms with Gasteiger partial charge in [-0.1, -0.05) is 26.0 Å². The number of aliphatic imine (C=N–C) groups is 1. The molecule has 0 aromatic heterocycles. The Hall–Kier alpha value is -1.51. The number of hydrogen-bond acceptors (Lipinski definition) is 1. The highest BCUT2D eigenvalue weighted by Gasteiger charge is 2.04. The largest absolute Gasteiger partial charge is 0.354 e. The zero-order valence-corrected chi connectivity index (χ0v) is 13.0. The molecule has 0 aliphatic carbocycles. The fraction of sp³-hybridized carbons (Fsp3) is 0.562. The van der Waals surface area contributed by atoms with E-state index in [4.69, 9.17) is 0 Å². The molecular formula is C16H27N3. The van der Waals surface area contributed by atoms with E-state index in [2.05, 4.69) is 81.4 Å². The standard InChI is InChI=1S/C16H27N3/c1-11(2)14-7-9-15(10-8-14)19-16(17-12(3)4)18-13(5)6/h7-13H,1-6H3,(H2,17,18,19). The molecule has 0 bridgehead atoms. The second kappa shape index (κ2) is 7.17. The molecule has 1 rings (SSSR count). The smallest absolute Gasteiger partial charge is 0.196 e. The predicted molar refractivity (Wildman–Crippen MR) is 85.0 cm³/mol. The molecule has 19 heavy (non-hydrogen) atoms. The third kappa shape index (κ3) is 5.77. The van der Waals surface area contributed by atoms with Crippen molar-refractivity contribution in [1.29, 1.82) is 0 Å². The van der Waals surface area contributed by atoms with Crippen molar-refractivity contribution in [1.82, 2.24) is 5.32 Å². The number of hydrogen-bond donors (Lipinski definition) is 2. The lowest BCUT2D eigenvalue weighted by Gasteiger charge is -2.16. The van der Waals surface area contributed by atoms with Gasteiger partial charge in [-0.3, -0.25) is 4.99 Å². The van der Waals surface area contributed by atoms with Gasteiger partial charge in [0.15, 0.2) is 5.96 Å². The van der Waals surface area contributed by atoms with Crippen LogP contribution >= 0.6 is 0 Å². The molecule has 3 heteroatoms. The first-order valence-corrected chi connectivity index (χ1v) is 7.09. The van der Waals surface area contributed by atoms with E-state index in [0.29, 0.717) is 12.0 Å². The quantitative estimate of drug-likeness (QED) is 0.635.